The maximum absolute atomic E-state index is 12.7. The Morgan fingerprint density at radius 3 is 2.16 bits per heavy atom. The summed E-state index contributed by atoms with van der Waals surface area (Å²) < 4.78 is 34.1. The number of amides is 1. The molecule has 0 unspecified atom stereocenters. The van der Waals surface area contributed by atoms with Gasteiger partial charge in [-0.15, -0.1) is 0 Å². The van der Waals surface area contributed by atoms with Gasteiger partial charge in [-0.05, 0) is 102 Å². The van der Waals surface area contributed by atoms with Crippen molar-refractivity contribution in [3.05, 3.63) is 81.8 Å². The minimum Gasteiger partial charge on any atom is -0.493 e. The van der Waals surface area contributed by atoms with E-state index in [4.69, 9.17) is 4.74 Å². The highest BCUT2D eigenvalue weighted by molar-refractivity contribution is 9.10. The Balaban J connectivity index is 1.72. The lowest BCUT2D eigenvalue weighted by Gasteiger charge is -2.11. The Kier molecular flexibility index (Phi) is 7.02. The summed E-state index contributed by atoms with van der Waals surface area (Å²) in [5.41, 5.74) is 3.38. The van der Waals surface area contributed by atoms with Crippen LogP contribution in [-0.2, 0) is 10.0 Å². The highest BCUT2D eigenvalue weighted by Crippen LogP contribution is 2.26. The second-order valence-electron chi connectivity index (χ2n) is 7.04. The summed E-state index contributed by atoms with van der Waals surface area (Å²) >= 11 is 3.39. The summed E-state index contributed by atoms with van der Waals surface area (Å²) in [6.07, 6.45) is 0. The first-order valence-electron chi connectivity index (χ1n) is 9.63. The second-order valence-corrected chi connectivity index (χ2v) is 9.58. The molecule has 0 heterocycles. The third-order valence-electron chi connectivity index (χ3n) is 4.39. The molecule has 0 aliphatic carbocycles. The number of rotatable bonds is 7. The van der Waals surface area contributed by atoms with Gasteiger partial charge in [-0.2, -0.15) is 0 Å². The molecule has 0 spiro atoms. The first-order chi connectivity index (χ1) is 14.7. The molecule has 0 aromatic heterocycles. The zero-order chi connectivity index (χ0) is 22.6. The number of sulfonamides is 1. The molecule has 0 aliphatic heterocycles. The van der Waals surface area contributed by atoms with E-state index in [9.17, 15) is 13.2 Å². The smallest absolute Gasteiger partial charge is 0.261 e. The van der Waals surface area contributed by atoms with Gasteiger partial charge >= 0.3 is 0 Å². The maximum Gasteiger partial charge on any atom is 0.261 e. The number of halogens is 1. The SMILES string of the molecule is CCOc1ccc(C(=O)Nc2ccc(S(=O)(=O)Nc3cc(C)cc(C)c3)cc2)cc1Br. The largest absolute Gasteiger partial charge is 0.493 e. The van der Waals surface area contributed by atoms with Crippen LogP contribution in [-0.4, -0.2) is 20.9 Å². The van der Waals surface area contributed by atoms with E-state index in [0.717, 1.165) is 11.1 Å². The number of hydrogen-bond acceptors (Lipinski definition) is 4. The fourth-order valence-corrected chi connectivity index (χ4v) is 4.62. The predicted molar refractivity (Wildman–Crippen MR) is 126 cm³/mol. The first-order valence-corrected chi connectivity index (χ1v) is 11.9. The van der Waals surface area contributed by atoms with Gasteiger partial charge in [0, 0.05) is 16.9 Å². The number of carbonyl (C=O) groups is 1. The molecule has 31 heavy (non-hydrogen) atoms. The molecule has 1 amide bonds. The van der Waals surface area contributed by atoms with Crippen LogP contribution in [0.1, 0.15) is 28.4 Å². The fraction of sp³-hybridized carbons (Fsp3) is 0.174. The van der Waals surface area contributed by atoms with Gasteiger partial charge in [0.05, 0.1) is 16.0 Å². The zero-order valence-electron chi connectivity index (χ0n) is 17.4. The molecular formula is C23H23BrN2O4S. The van der Waals surface area contributed by atoms with Crippen molar-refractivity contribution in [3.8, 4) is 5.75 Å². The van der Waals surface area contributed by atoms with Crippen LogP contribution in [0.3, 0.4) is 0 Å². The topological polar surface area (TPSA) is 84.5 Å². The van der Waals surface area contributed by atoms with Gasteiger partial charge in [0.2, 0.25) is 0 Å². The number of nitrogens with one attached hydrogen (secondary N) is 2. The van der Waals surface area contributed by atoms with E-state index in [2.05, 4.69) is 26.0 Å². The van der Waals surface area contributed by atoms with Gasteiger partial charge in [0.25, 0.3) is 15.9 Å². The fourth-order valence-electron chi connectivity index (χ4n) is 3.08. The summed E-state index contributed by atoms with van der Waals surface area (Å²) in [5.74, 6) is 0.345. The standard InChI is InChI=1S/C23H23BrN2O4S/c1-4-30-22-10-5-17(14-21(22)24)23(27)25-18-6-8-20(9-7-18)31(28,29)26-19-12-15(2)11-16(3)13-19/h5-14,26H,4H2,1-3H3,(H,25,27). The van der Waals surface area contributed by atoms with E-state index in [0.29, 0.717) is 33.8 Å². The maximum atomic E-state index is 12.7. The van der Waals surface area contributed by atoms with Crippen molar-refractivity contribution in [1.82, 2.24) is 0 Å². The number of carbonyl (C=O) groups excluding carboxylic acids is 1. The minimum absolute atomic E-state index is 0.105. The molecule has 8 heteroatoms. The third-order valence-corrected chi connectivity index (χ3v) is 6.41. The highest BCUT2D eigenvalue weighted by Gasteiger charge is 2.15. The Bertz CT molecular complexity index is 1190. The summed E-state index contributed by atoms with van der Waals surface area (Å²) in [6.45, 7) is 6.22. The van der Waals surface area contributed by atoms with Gasteiger partial charge < -0.3 is 10.1 Å². The summed E-state index contributed by atoms with van der Waals surface area (Å²) in [6, 6.07) is 16.6. The van der Waals surface area contributed by atoms with Crippen LogP contribution in [0.4, 0.5) is 11.4 Å². The van der Waals surface area contributed by atoms with Gasteiger partial charge in [0.15, 0.2) is 0 Å². The summed E-state index contributed by atoms with van der Waals surface area (Å²) in [7, 11) is -3.74. The Morgan fingerprint density at radius 1 is 0.935 bits per heavy atom. The monoisotopic (exact) mass is 502 g/mol. The summed E-state index contributed by atoms with van der Waals surface area (Å²) in [5, 5.41) is 2.76. The molecule has 0 fully saturated rings. The lowest BCUT2D eigenvalue weighted by atomic mass is 10.1. The Morgan fingerprint density at radius 2 is 1.58 bits per heavy atom. The molecule has 3 aromatic rings. The first kappa shape index (κ1) is 22.8. The number of benzene rings is 3. The molecule has 6 nitrogen and oxygen atoms in total. The van der Waals surface area contributed by atoms with Crippen LogP contribution >= 0.6 is 15.9 Å². The molecular weight excluding hydrogens is 480 g/mol. The van der Waals surface area contributed by atoms with E-state index in [1.54, 1.807) is 42.5 Å². The lowest BCUT2D eigenvalue weighted by molar-refractivity contribution is 0.102. The van der Waals surface area contributed by atoms with Gasteiger partial charge in [-0.3, -0.25) is 9.52 Å². The average molecular weight is 503 g/mol. The number of anilines is 2. The molecule has 162 valence electrons. The predicted octanol–water partition coefficient (Wildman–Crippen LogP) is 5.52. The van der Waals surface area contributed by atoms with E-state index in [-0.39, 0.29) is 10.8 Å². The van der Waals surface area contributed by atoms with Crippen LogP contribution in [0.5, 0.6) is 5.75 Å². The van der Waals surface area contributed by atoms with Crippen molar-refractivity contribution < 1.29 is 17.9 Å². The van der Waals surface area contributed by atoms with Crippen LogP contribution in [0, 0.1) is 13.8 Å². The third kappa shape index (κ3) is 5.86. The van der Waals surface area contributed by atoms with Crippen LogP contribution in [0.15, 0.2) is 70.0 Å². The molecule has 3 aromatic carbocycles. The highest BCUT2D eigenvalue weighted by atomic mass is 79.9. The summed E-state index contributed by atoms with van der Waals surface area (Å²) in [4.78, 5) is 12.6. The van der Waals surface area contributed by atoms with Crippen molar-refractivity contribution >= 4 is 43.2 Å². The number of ether oxygens (including phenoxy) is 1. The molecule has 0 aliphatic rings. The average Bonchev–Trinajstić information content (AvgIpc) is 2.69. The Hall–Kier alpha value is -2.84. The van der Waals surface area contributed by atoms with Crippen LogP contribution < -0.4 is 14.8 Å². The van der Waals surface area contributed by atoms with Crippen molar-refractivity contribution in [2.45, 2.75) is 25.7 Å². The van der Waals surface area contributed by atoms with Gasteiger partial charge in [-0.1, -0.05) is 6.07 Å². The van der Waals surface area contributed by atoms with E-state index >= 15 is 0 Å². The van der Waals surface area contributed by atoms with Gasteiger partial charge in [-0.25, -0.2) is 8.42 Å². The number of hydrogen-bond donors (Lipinski definition) is 2. The molecule has 2 N–H and O–H groups in total. The molecule has 0 atom stereocenters. The lowest BCUT2D eigenvalue weighted by Crippen LogP contribution is -2.14. The van der Waals surface area contributed by atoms with Crippen molar-refractivity contribution in [2.24, 2.45) is 0 Å². The second kappa shape index (κ2) is 9.53. The van der Waals surface area contributed by atoms with Crippen LogP contribution in [0.2, 0.25) is 0 Å². The van der Waals surface area contributed by atoms with Crippen molar-refractivity contribution in [1.29, 1.82) is 0 Å². The van der Waals surface area contributed by atoms with Crippen LogP contribution in [0.25, 0.3) is 0 Å². The Labute approximate surface area is 190 Å². The zero-order valence-corrected chi connectivity index (χ0v) is 19.8. The minimum atomic E-state index is -3.74. The molecule has 0 radical (unpaired) electrons. The van der Waals surface area contributed by atoms with Gasteiger partial charge in [0.1, 0.15) is 5.75 Å². The van der Waals surface area contributed by atoms with E-state index in [1.165, 1.54) is 12.1 Å². The molecule has 0 bridgehead atoms. The molecule has 0 saturated heterocycles. The molecule has 3 rings (SSSR count). The van der Waals surface area contributed by atoms with E-state index in [1.807, 2.05) is 26.8 Å². The quantitative estimate of drug-likeness (QED) is 0.445. The van der Waals surface area contributed by atoms with Crippen molar-refractivity contribution in [3.63, 3.8) is 0 Å². The van der Waals surface area contributed by atoms with E-state index < -0.39 is 10.0 Å². The normalized spacial score (nSPS) is 11.1. The van der Waals surface area contributed by atoms with Crippen molar-refractivity contribution in [2.75, 3.05) is 16.6 Å². The number of aryl methyl sites for hydroxylation is 2. The molecule has 0 saturated carbocycles.